The van der Waals surface area contributed by atoms with E-state index < -0.39 is 17.6 Å². The van der Waals surface area contributed by atoms with Crippen LogP contribution in [-0.2, 0) is 9.59 Å². The van der Waals surface area contributed by atoms with E-state index in [1.807, 2.05) is 6.92 Å². The van der Waals surface area contributed by atoms with Crippen LogP contribution in [0.4, 0.5) is 22.0 Å². The highest BCUT2D eigenvalue weighted by Gasteiger charge is 2.51. The van der Waals surface area contributed by atoms with Gasteiger partial charge in [0.15, 0.2) is 0 Å². The highest BCUT2D eigenvalue weighted by Crippen LogP contribution is 2.47. The number of carbonyl (C=O) groups is 3. The van der Waals surface area contributed by atoms with Crippen molar-refractivity contribution in [3.05, 3.63) is 71.3 Å². The SMILES string of the molecule is C[C@@H](CN1CCC2(CC1)C(=O)NCC2c1ccc(F)cc1)NC(=O)c1ccc(F)cc1.O=C(O)C(F)(F)F. The molecule has 2 aliphatic heterocycles. The summed E-state index contributed by atoms with van der Waals surface area (Å²) in [5, 5.41) is 13.1. The number of halogens is 5. The molecule has 0 radical (unpaired) electrons. The van der Waals surface area contributed by atoms with E-state index in [-0.39, 0.29) is 35.4 Å². The van der Waals surface area contributed by atoms with Crippen molar-refractivity contribution in [2.45, 2.75) is 37.9 Å². The molecule has 2 aromatic rings. The Kier molecular flexibility index (Phi) is 9.08. The van der Waals surface area contributed by atoms with E-state index in [1.165, 1.54) is 36.4 Å². The number of rotatable bonds is 5. The van der Waals surface area contributed by atoms with E-state index >= 15 is 0 Å². The molecule has 2 saturated heterocycles. The number of nitrogens with one attached hydrogen (secondary N) is 2. The van der Waals surface area contributed by atoms with Gasteiger partial charge in [-0.2, -0.15) is 13.2 Å². The van der Waals surface area contributed by atoms with E-state index in [9.17, 15) is 31.5 Å². The summed E-state index contributed by atoms with van der Waals surface area (Å²) in [4.78, 5) is 36.3. The highest BCUT2D eigenvalue weighted by molar-refractivity contribution is 5.94. The summed E-state index contributed by atoms with van der Waals surface area (Å²) in [6.07, 6.45) is -3.64. The molecule has 2 fully saturated rings. The van der Waals surface area contributed by atoms with E-state index in [0.717, 1.165) is 31.5 Å². The molecule has 2 amide bonds. The third-order valence-corrected chi connectivity index (χ3v) is 6.87. The lowest BCUT2D eigenvalue weighted by atomic mass is 9.68. The van der Waals surface area contributed by atoms with E-state index in [4.69, 9.17) is 9.90 Å². The number of aliphatic carboxylic acids is 1. The number of piperidine rings is 1. The van der Waals surface area contributed by atoms with Crippen molar-refractivity contribution >= 4 is 17.8 Å². The van der Waals surface area contributed by atoms with Gasteiger partial charge in [-0.3, -0.25) is 9.59 Å². The summed E-state index contributed by atoms with van der Waals surface area (Å²) in [6.45, 7) is 4.69. The van der Waals surface area contributed by atoms with Crippen LogP contribution in [0.5, 0.6) is 0 Å². The topological polar surface area (TPSA) is 98.7 Å². The maximum absolute atomic E-state index is 13.3. The number of likely N-dealkylation sites (tertiary alicyclic amines) is 1. The Morgan fingerprint density at radius 3 is 2.05 bits per heavy atom. The van der Waals surface area contributed by atoms with Crippen LogP contribution < -0.4 is 10.6 Å². The molecule has 3 N–H and O–H groups in total. The maximum Gasteiger partial charge on any atom is 0.490 e. The number of benzene rings is 2. The molecular formula is C26H28F5N3O4. The van der Waals surface area contributed by atoms with E-state index in [1.54, 1.807) is 12.1 Å². The molecule has 38 heavy (non-hydrogen) atoms. The van der Waals surface area contributed by atoms with Crippen molar-refractivity contribution in [1.82, 2.24) is 15.5 Å². The number of nitrogens with zero attached hydrogens (tertiary/aromatic N) is 1. The third kappa shape index (κ3) is 7.06. The van der Waals surface area contributed by atoms with Gasteiger partial charge in [-0.25, -0.2) is 13.6 Å². The van der Waals surface area contributed by atoms with Crippen LogP contribution >= 0.6 is 0 Å². The Labute approximate surface area is 216 Å². The highest BCUT2D eigenvalue weighted by atomic mass is 19.4. The number of carbonyl (C=O) groups excluding carboxylic acids is 2. The fourth-order valence-electron chi connectivity index (χ4n) is 4.91. The van der Waals surface area contributed by atoms with Crippen molar-refractivity contribution in [3.8, 4) is 0 Å². The molecule has 206 valence electrons. The van der Waals surface area contributed by atoms with Gasteiger partial charge in [0.25, 0.3) is 5.91 Å². The second-order valence-corrected chi connectivity index (χ2v) is 9.46. The number of alkyl halides is 3. The monoisotopic (exact) mass is 541 g/mol. The molecular weight excluding hydrogens is 513 g/mol. The lowest BCUT2D eigenvalue weighted by molar-refractivity contribution is -0.192. The van der Waals surface area contributed by atoms with Crippen LogP contribution in [0.2, 0.25) is 0 Å². The quantitative estimate of drug-likeness (QED) is 0.502. The van der Waals surface area contributed by atoms with Crippen molar-refractivity contribution < 1.29 is 41.4 Å². The molecule has 4 rings (SSSR count). The Morgan fingerprint density at radius 2 is 1.55 bits per heavy atom. The fraction of sp³-hybridized carbons (Fsp3) is 0.423. The minimum atomic E-state index is -5.08. The molecule has 0 bridgehead atoms. The van der Waals surface area contributed by atoms with Crippen molar-refractivity contribution in [3.63, 3.8) is 0 Å². The third-order valence-electron chi connectivity index (χ3n) is 6.87. The van der Waals surface area contributed by atoms with Crippen LogP contribution in [0.1, 0.15) is 41.6 Å². The minimum absolute atomic E-state index is 0.0401. The molecule has 7 nitrogen and oxygen atoms in total. The number of carboxylic acid groups (broad SMARTS) is 1. The summed E-state index contributed by atoms with van der Waals surface area (Å²) in [5.74, 6) is -3.51. The second-order valence-electron chi connectivity index (χ2n) is 9.46. The molecule has 12 heteroatoms. The maximum atomic E-state index is 13.3. The standard InChI is InChI=1S/C24H27F2N3O2.C2HF3O2/c1-16(28-22(30)18-4-8-20(26)9-5-18)15-29-12-10-24(11-13-29)21(14-27-23(24)31)17-2-6-19(25)7-3-17;3-2(4,5)1(6)7/h2-9,16,21H,10-15H2,1H3,(H,27,31)(H,28,30);(H,6,7)/t16-,21?;/m0./s1. The Hall–Kier alpha value is -3.54. The van der Waals surface area contributed by atoms with E-state index in [2.05, 4.69) is 15.5 Å². The van der Waals surface area contributed by atoms with Crippen molar-refractivity contribution in [2.24, 2.45) is 5.41 Å². The first-order chi connectivity index (χ1) is 17.8. The van der Waals surface area contributed by atoms with Gasteiger partial charge in [0, 0.05) is 30.6 Å². The largest absolute Gasteiger partial charge is 0.490 e. The van der Waals surface area contributed by atoms with Crippen LogP contribution in [0.25, 0.3) is 0 Å². The first-order valence-corrected chi connectivity index (χ1v) is 11.9. The van der Waals surface area contributed by atoms with Gasteiger partial charge < -0.3 is 20.6 Å². The molecule has 0 aromatic heterocycles. The van der Waals surface area contributed by atoms with Gasteiger partial charge in [-0.05, 0) is 74.8 Å². The summed E-state index contributed by atoms with van der Waals surface area (Å²) in [7, 11) is 0. The number of hydrogen-bond donors (Lipinski definition) is 3. The van der Waals surface area contributed by atoms with Crippen LogP contribution in [-0.4, -0.2) is 66.2 Å². The van der Waals surface area contributed by atoms with Gasteiger partial charge in [0.1, 0.15) is 11.6 Å². The van der Waals surface area contributed by atoms with Crippen LogP contribution in [0, 0.1) is 17.0 Å². The predicted molar refractivity (Wildman–Crippen MR) is 127 cm³/mol. The molecule has 1 spiro atoms. The molecule has 2 atom stereocenters. The zero-order chi connectivity index (χ0) is 28.1. The molecule has 1 unspecified atom stereocenters. The van der Waals surface area contributed by atoms with Gasteiger partial charge in [0.05, 0.1) is 5.41 Å². The zero-order valence-electron chi connectivity index (χ0n) is 20.5. The minimum Gasteiger partial charge on any atom is -0.475 e. The van der Waals surface area contributed by atoms with Gasteiger partial charge in [0.2, 0.25) is 5.91 Å². The first kappa shape index (κ1) is 29.0. The molecule has 2 aliphatic rings. The molecule has 2 aromatic carbocycles. The Bertz CT molecular complexity index is 1130. The average Bonchev–Trinajstić information content (AvgIpc) is 3.16. The summed E-state index contributed by atoms with van der Waals surface area (Å²) >= 11 is 0. The van der Waals surface area contributed by atoms with Crippen LogP contribution in [0.3, 0.4) is 0 Å². The normalized spacial score (nSPS) is 19.7. The number of carboxylic acids is 1. The molecule has 0 saturated carbocycles. The zero-order valence-corrected chi connectivity index (χ0v) is 20.5. The Morgan fingerprint density at radius 1 is 1.05 bits per heavy atom. The predicted octanol–water partition coefficient (Wildman–Crippen LogP) is 3.71. The second kappa shape index (κ2) is 11.9. The van der Waals surface area contributed by atoms with Gasteiger partial charge in [-0.15, -0.1) is 0 Å². The summed E-state index contributed by atoms with van der Waals surface area (Å²) in [6, 6.07) is 11.9. The lowest BCUT2D eigenvalue weighted by Gasteiger charge is -2.41. The number of amides is 2. The molecule has 2 heterocycles. The molecule has 0 aliphatic carbocycles. The van der Waals surface area contributed by atoms with E-state index in [0.29, 0.717) is 18.7 Å². The van der Waals surface area contributed by atoms with Gasteiger partial charge >= 0.3 is 12.1 Å². The van der Waals surface area contributed by atoms with Gasteiger partial charge in [-0.1, -0.05) is 12.1 Å². The Balaban J connectivity index is 0.000000505. The fourth-order valence-corrected chi connectivity index (χ4v) is 4.91. The average molecular weight is 542 g/mol. The first-order valence-electron chi connectivity index (χ1n) is 11.9. The smallest absolute Gasteiger partial charge is 0.475 e. The van der Waals surface area contributed by atoms with Crippen LogP contribution in [0.15, 0.2) is 48.5 Å². The van der Waals surface area contributed by atoms with Crippen molar-refractivity contribution in [1.29, 1.82) is 0 Å². The lowest BCUT2D eigenvalue weighted by Crippen LogP contribution is -2.49. The summed E-state index contributed by atoms with van der Waals surface area (Å²) in [5.41, 5.74) is 0.957. The van der Waals surface area contributed by atoms with Crippen molar-refractivity contribution in [2.75, 3.05) is 26.2 Å². The summed E-state index contributed by atoms with van der Waals surface area (Å²) < 4.78 is 58.1. The number of hydrogen-bond acceptors (Lipinski definition) is 4.